The number of aromatic nitrogens is 3. The van der Waals surface area contributed by atoms with Crippen molar-refractivity contribution in [3.63, 3.8) is 0 Å². The molecule has 9 heteroatoms. The number of fused-ring (bicyclic) bond motifs is 1. The van der Waals surface area contributed by atoms with Gasteiger partial charge >= 0.3 is 0 Å². The maximum atomic E-state index is 12.2. The van der Waals surface area contributed by atoms with Gasteiger partial charge in [0.15, 0.2) is 10.8 Å². The normalized spacial score (nSPS) is 10.9. The SMILES string of the molecule is COc1cc(Cl)c(C)cc1NC(=O)CSc1nc2ncc(Br)cc2[nH]1. The molecule has 6 nitrogen and oxygen atoms in total. The van der Waals surface area contributed by atoms with Crippen LogP contribution < -0.4 is 10.1 Å². The fourth-order valence-corrected chi connectivity index (χ4v) is 3.33. The van der Waals surface area contributed by atoms with Gasteiger partial charge in [0, 0.05) is 21.8 Å². The van der Waals surface area contributed by atoms with Gasteiger partial charge in [-0.2, -0.15) is 0 Å². The highest BCUT2D eigenvalue weighted by Crippen LogP contribution is 2.31. The van der Waals surface area contributed by atoms with Gasteiger partial charge in [0.2, 0.25) is 5.91 Å². The van der Waals surface area contributed by atoms with E-state index in [0.29, 0.717) is 27.3 Å². The molecule has 2 N–H and O–H groups in total. The topological polar surface area (TPSA) is 79.9 Å². The lowest BCUT2D eigenvalue weighted by molar-refractivity contribution is -0.113. The van der Waals surface area contributed by atoms with Gasteiger partial charge in [-0.3, -0.25) is 4.79 Å². The summed E-state index contributed by atoms with van der Waals surface area (Å²) in [6.07, 6.45) is 1.68. The second-order valence-corrected chi connectivity index (χ2v) is 7.49. The molecule has 0 aliphatic rings. The van der Waals surface area contributed by atoms with Gasteiger partial charge in [0.25, 0.3) is 0 Å². The quantitative estimate of drug-likeness (QED) is 0.573. The zero-order valence-corrected chi connectivity index (χ0v) is 16.6. The summed E-state index contributed by atoms with van der Waals surface area (Å²) in [4.78, 5) is 23.9. The molecule has 1 amide bonds. The van der Waals surface area contributed by atoms with Gasteiger partial charge in [-0.1, -0.05) is 23.4 Å². The van der Waals surface area contributed by atoms with Gasteiger partial charge < -0.3 is 15.0 Å². The fraction of sp³-hybridized carbons (Fsp3) is 0.188. The van der Waals surface area contributed by atoms with E-state index in [-0.39, 0.29) is 11.7 Å². The molecular formula is C16H14BrClN4O2S. The zero-order valence-electron chi connectivity index (χ0n) is 13.4. The lowest BCUT2D eigenvalue weighted by Crippen LogP contribution is -2.15. The third-order valence-electron chi connectivity index (χ3n) is 3.38. The second kappa shape index (κ2) is 7.63. The Bertz CT molecular complexity index is 947. The Morgan fingerprint density at radius 1 is 1.44 bits per heavy atom. The van der Waals surface area contributed by atoms with E-state index >= 15 is 0 Å². The van der Waals surface area contributed by atoms with Crippen molar-refractivity contribution in [3.8, 4) is 5.75 Å². The molecule has 0 unspecified atom stereocenters. The Labute approximate surface area is 161 Å². The number of nitrogens with zero attached hydrogens (tertiary/aromatic N) is 2. The van der Waals surface area contributed by atoms with Gasteiger partial charge in [-0.05, 0) is 40.5 Å². The van der Waals surface area contributed by atoms with Crippen LogP contribution in [0.25, 0.3) is 11.2 Å². The first-order valence-electron chi connectivity index (χ1n) is 7.24. The van der Waals surface area contributed by atoms with Gasteiger partial charge in [-0.15, -0.1) is 0 Å². The number of imidazole rings is 1. The fourth-order valence-electron chi connectivity index (χ4n) is 2.17. The first kappa shape index (κ1) is 18.0. The summed E-state index contributed by atoms with van der Waals surface area (Å²) in [5.41, 5.74) is 2.87. The predicted octanol–water partition coefficient (Wildman–Crippen LogP) is 4.42. The summed E-state index contributed by atoms with van der Waals surface area (Å²) in [5, 5.41) is 4.06. The Morgan fingerprint density at radius 3 is 3.00 bits per heavy atom. The van der Waals surface area contributed by atoms with Crippen molar-refractivity contribution >= 4 is 62.1 Å². The van der Waals surface area contributed by atoms with Crippen molar-refractivity contribution in [2.75, 3.05) is 18.2 Å². The number of amides is 1. The van der Waals surface area contributed by atoms with Crippen molar-refractivity contribution < 1.29 is 9.53 Å². The Kier molecular flexibility index (Phi) is 5.51. The molecule has 2 aromatic heterocycles. The van der Waals surface area contributed by atoms with Crippen LogP contribution in [0.2, 0.25) is 5.02 Å². The van der Waals surface area contributed by atoms with Crippen molar-refractivity contribution in [2.45, 2.75) is 12.1 Å². The molecular weight excluding hydrogens is 428 g/mol. The molecule has 25 heavy (non-hydrogen) atoms. The largest absolute Gasteiger partial charge is 0.495 e. The maximum Gasteiger partial charge on any atom is 0.234 e. The van der Waals surface area contributed by atoms with Crippen LogP contribution in [0.4, 0.5) is 5.69 Å². The van der Waals surface area contributed by atoms with Crippen LogP contribution in [-0.4, -0.2) is 33.7 Å². The van der Waals surface area contributed by atoms with Gasteiger partial charge in [-0.25, -0.2) is 9.97 Å². The number of thioether (sulfide) groups is 1. The van der Waals surface area contributed by atoms with E-state index in [1.165, 1.54) is 18.9 Å². The third-order valence-corrected chi connectivity index (χ3v) is 5.09. The molecule has 2 heterocycles. The highest BCUT2D eigenvalue weighted by Gasteiger charge is 2.12. The molecule has 0 aliphatic carbocycles. The van der Waals surface area contributed by atoms with Crippen molar-refractivity contribution in [1.29, 1.82) is 0 Å². The first-order valence-corrected chi connectivity index (χ1v) is 9.40. The summed E-state index contributed by atoms with van der Waals surface area (Å²) in [6.45, 7) is 1.87. The minimum absolute atomic E-state index is 0.167. The van der Waals surface area contributed by atoms with Crippen LogP contribution in [0.3, 0.4) is 0 Å². The number of anilines is 1. The summed E-state index contributed by atoms with van der Waals surface area (Å²) in [6, 6.07) is 5.36. The van der Waals surface area contributed by atoms with E-state index in [9.17, 15) is 4.79 Å². The number of pyridine rings is 1. The molecule has 0 fully saturated rings. The predicted molar refractivity (Wildman–Crippen MR) is 104 cm³/mol. The molecule has 130 valence electrons. The molecule has 0 spiro atoms. The Balaban J connectivity index is 1.67. The average molecular weight is 442 g/mol. The number of carbonyl (C=O) groups is 1. The number of benzene rings is 1. The molecule has 3 rings (SSSR count). The summed E-state index contributed by atoms with van der Waals surface area (Å²) < 4.78 is 6.12. The summed E-state index contributed by atoms with van der Waals surface area (Å²) in [7, 11) is 1.53. The van der Waals surface area contributed by atoms with E-state index in [4.69, 9.17) is 16.3 Å². The standard InChI is InChI=1S/C16H14BrClN4O2S/c1-8-3-11(13(24-2)5-10(8)18)20-14(23)7-25-16-21-12-4-9(17)6-19-15(12)22-16/h3-6H,7H2,1-2H3,(H,20,23)(H,19,21,22). The number of aromatic amines is 1. The number of H-pyrrole nitrogens is 1. The first-order chi connectivity index (χ1) is 12.0. The molecule has 3 aromatic rings. The Hall–Kier alpha value is -1.77. The number of rotatable bonds is 5. The van der Waals surface area contributed by atoms with Crippen LogP contribution in [-0.2, 0) is 4.79 Å². The number of halogens is 2. The minimum Gasteiger partial charge on any atom is -0.495 e. The van der Waals surface area contributed by atoms with Gasteiger partial charge in [0.05, 0.1) is 24.1 Å². The van der Waals surface area contributed by atoms with Crippen LogP contribution in [0.5, 0.6) is 5.75 Å². The highest BCUT2D eigenvalue weighted by atomic mass is 79.9. The second-order valence-electron chi connectivity index (χ2n) is 5.21. The molecule has 0 aliphatic heterocycles. The number of nitrogens with one attached hydrogen (secondary N) is 2. The van der Waals surface area contributed by atoms with Crippen LogP contribution in [0.1, 0.15) is 5.56 Å². The maximum absolute atomic E-state index is 12.2. The van der Waals surface area contributed by atoms with Crippen molar-refractivity contribution in [1.82, 2.24) is 15.0 Å². The van der Waals surface area contributed by atoms with Crippen molar-refractivity contribution in [3.05, 3.63) is 39.5 Å². The third kappa shape index (κ3) is 4.26. The Morgan fingerprint density at radius 2 is 2.24 bits per heavy atom. The number of carbonyl (C=O) groups excluding carboxylic acids is 1. The van der Waals surface area contributed by atoms with Crippen LogP contribution in [0, 0.1) is 6.92 Å². The van der Waals surface area contributed by atoms with E-state index in [1.54, 1.807) is 18.3 Å². The van der Waals surface area contributed by atoms with Gasteiger partial charge in [0.1, 0.15) is 5.75 Å². The number of methoxy groups -OCH3 is 1. The van der Waals surface area contributed by atoms with E-state index in [1.807, 2.05) is 13.0 Å². The molecule has 1 aromatic carbocycles. The zero-order chi connectivity index (χ0) is 18.0. The number of aryl methyl sites for hydroxylation is 1. The van der Waals surface area contributed by atoms with E-state index in [2.05, 4.69) is 36.2 Å². The lowest BCUT2D eigenvalue weighted by atomic mass is 10.2. The molecule has 0 saturated carbocycles. The monoisotopic (exact) mass is 440 g/mol. The van der Waals surface area contributed by atoms with Crippen molar-refractivity contribution in [2.24, 2.45) is 0 Å². The lowest BCUT2D eigenvalue weighted by Gasteiger charge is -2.12. The molecule has 0 saturated heterocycles. The highest BCUT2D eigenvalue weighted by molar-refractivity contribution is 9.10. The molecule has 0 atom stereocenters. The number of hydrogen-bond donors (Lipinski definition) is 2. The van der Waals surface area contributed by atoms with E-state index < -0.39 is 0 Å². The van der Waals surface area contributed by atoms with Crippen LogP contribution in [0.15, 0.2) is 34.0 Å². The molecule has 0 radical (unpaired) electrons. The summed E-state index contributed by atoms with van der Waals surface area (Å²) in [5.74, 6) is 0.553. The van der Waals surface area contributed by atoms with E-state index in [0.717, 1.165) is 15.6 Å². The summed E-state index contributed by atoms with van der Waals surface area (Å²) >= 11 is 10.7. The minimum atomic E-state index is -0.167. The number of hydrogen-bond acceptors (Lipinski definition) is 5. The average Bonchev–Trinajstić information content (AvgIpc) is 2.98. The smallest absolute Gasteiger partial charge is 0.234 e. The number of ether oxygens (including phenoxy) is 1. The molecule has 0 bridgehead atoms. The van der Waals surface area contributed by atoms with Crippen LogP contribution >= 0.6 is 39.3 Å².